The molecule has 0 aliphatic heterocycles. The van der Waals surface area contributed by atoms with Crippen LogP contribution in [0.15, 0.2) is 12.7 Å². The lowest BCUT2D eigenvalue weighted by atomic mass is 10.3. The Labute approximate surface area is 77.4 Å². The average molecular weight is 207 g/mol. The Morgan fingerprint density at radius 2 is 2.23 bits per heavy atom. The van der Waals surface area contributed by atoms with Gasteiger partial charge in [-0.1, -0.05) is 6.58 Å². The van der Waals surface area contributed by atoms with Crippen LogP contribution in [0.25, 0.3) is 0 Å². The van der Waals surface area contributed by atoms with E-state index in [2.05, 4.69) is 11.9 Å². The van der Waals surface area contributed by atoms with Gasteiger partial charge in [0.15, 0.2) is 0 Å². The van der Waals surface area contributed by atoms with Crippen molar-refractivity contribution in [1.82, 2.24) is 5.32 Å². The highest BCUT2D eigenvalue weighted by Crippen LogP contribution is 1.90. The van der Waals surface area contributed by atoms with Crippen molar-refractivity contribution in [3.63, 3.8) is 0 Å². The van der Waals surface area contributed by atoms with Gasteiger partial charge in [0.25, 0.3) is 0 Å². The van der Waals surface area contributed by atoms with E-state index in [1.165, 1.54) is 0 Å². The Bertz CT molecular complexity index is 283. The summed E-state index contributed by atoms with van der Waals surface area (Å²) in [6, 6.07) is -0.763. The molecule has 6 heteroatoms. The number of aliphatic hydroxyl groups is 1. The number of sulfone groups is 1. The van der Waals surface area contributed by atoms with Crippen LogP contribution < -0.4 is 5.32 Å². The molecule has 76 valence electrons. The molecule has 1 amide bonds. The molecule has 0 aliphatic rings. The SMILES string of the molecule is C=CC(=O)N[C@@H](CO)CS(C)(=O)=O. The van der Waals surface area contributed by atoms with Crippen molar-refractivity contribution in [1.29, 1.82) is 0 Å². The van der Waals surface area contributed by atoms with Crippen molar-refractivity contribution in [3.8, 4) is 0 Å². The van der Waals surface area contributed by atoms with Gasteiger partial charge in [-0.05, 0) is 6.08 Å². The second-order valence-electron chi connectivity index (χ2n) is 2.68. The van der Waals surface area contributed by atoms with Crippen molar-refractivity contribution in [2.45, 2.75) is 6.04 Å². The predicted octanol–water partition coefficient (Wildman–Crippen LogP) is -1.31. The average Bonchev–Trinajstić information content (AvgIpc) is 2.00. The molecule has 0 heterocycles. The van der Waals surface area contributed by atoms with Gasteiger partial charge in [-0.3, -0.25) is 4.79 Å². The lowest BCUT2D eigenvalue weighted by Crippen LogP contribution is -2.41. The van der Waals surface area contributed by atoms with E-state index in [-0.39, 0.29) is 5.75 Å². The summed E-state index contributed by atoms with van der Waals surface area (Å²) in [7, 11) is -3.20. The maximum Gasteiger partial charge on any atom is 0.243 e. The van der Waals surface area contributed by atoms with Crippen LogP contribution in [-0.2, 0) is 14.6 Å². The largest absolute Gasteiger partial charge is 0.394 e. The number of amides is 1. The van der Waals surface area contributed by atoms with Gasteiger partial charge in [0.05, 0.1) is 18.4 Å². The Balaban J connectivity index is 4.20. The maximum absolute atomic E-state index is 10.8. The highest BCUT2D eigenvalue weighted by Gasteiger charge is 2.15. The normalized spacial score (nSPS) is 13.4. The predicted molar refractivity (Wildman–Crippen MR) is 48.9 cm³/mol. The number of nitrogens with one attached hydrogen (secondary N) is 1. The van der Waals surface area contributed by atoms with Crippen LogP contribution >= 0.6 is 0 Å². The van der Waals surface area contributed by atoms with Crippen LogP contribution in [0.2, 0.25) is 0 Å². The first-order valence-electron chi connectivity index (χ1n) is 3.60. The first-order chi connectivity index (χ1) is 5.89. The van der Waals surface area contributed by atoms with Gasteiger partial charge in [-0.25, -0.2) is 8.42 Å². The van der Waals surface area contributed by atoms with Gasteiger partial charge in [-0.15, -0.1) is 0 Å². The molecule has 0 aromatic rings. The van der Waals surface area contributed by atoms with Gasteiger partial charge in [0.2, 0.25) is 5.91 Å². The number of aliphatic hydroxyl groups excluding tert-OH is 1. The highest BCUT2D eigenvalue weighted by atomic mass is 32.2. The monoisotopic (exact) mass is 207 g/mol. The van der Waals surface area contributed by atoms with Crippen LogP contribution in [0, 0.1) is 0 Å². The highest BCUT2D eigenvalue weighted by molar-refractivity contribution is 7.90. The van der Waals surface area contributed by atoms with E-state index < -0.39 is 28.4 Å². The van der Waals surface area contributed by atoms with Crippen LogP contribution in [0.1, 0.15) is 0 Å². The fraction of sp³-hybridized carbons (Fsp3) is 0.571. The Hall–Kier alpha value is -0.880. The fourth-order valence-corrected chi connectivity index (χ4v) is 1.69. The van der Waals surface area contributed by atoms with Crippen LogP contribution in [0.5, 0.6) is 0 Å². The van der Waals surface area contributed by atoms with Gasteiger partial charge in [-0.2, -0.15) is 0 Å². The molecule has 0 rings (SSSR count). The van der Waals surface area contributed by atoms with E-state index in [1.54, 1.807) is 0 Å². The third kappa shape index (κ3) is 6.30. The second kappa shape index (κ2) is 4.98. The molecule has 0 saturated carbocycles. The summed E-state index contributed by atoms with van der Waals surface area (Å²) < 4.78 is 21.6. The molecule has 1 atom stereocenters. The standard InChI is InChI=1S/C7H13NO4S/c1-3-7(10)8-6(4-9)5-13(2,11)12/h3,6,9H,1,4-5H2,2H3,(H,8,10)/t6-/m0/s1. The zero-order chi connectivity index (χ0) is 10.5. The Morgan fingerprint density at radius 3 is 2.54 bits per heavy atom. The Morgan fingerprint density at radius 1 is 1.69 bits per heavy atom. The number of carbonyl (C=O) groups excluding carboxylic acids is 1. The molecular weight excluding hydrogens is 194 g/mol. The maximum atomic E-state index is 10.8. The third-order valence-corrected chi connectivity index (χ3v) is 2.26. The first-order valence-corrected chi connectivity index (χ1v) is 5.66. The van der Waals surface area contributed by atoms with Gasteiger partial charge < -0.3 is 10.4 Å². The quantitative estimate of drug-likeness (QED) is 0.548. The molecule has 0 radical (unpaired) electrons. The molecule has 0 bridgehead atoms. The van der Waals surface area contributed by atoms with Crippen molar-refractivity contribution in [2.75, 3.05) is 18.6 Å². The van der Waals surface area contributed by atoms with Gasteiger partial charge in [0.1, 0.15) is 9.84 Å². The summed E-state index contributed by atoms with van der Waals surface area (Å²) in [4.78, 5) is 10.7. The molecule has 0 saturated heterocycles. The smallest absolute Gasteiger partial charge is 0.243 e. The lowest BCUT2D eigenvalue weighted by molar-refractivity contribution is -0.117. The summed E-state index contributed by atoms with van der Waals surface area (Å²) in [6.07, 6.45) is 2.06. The fourth-order valence-electron chi connectivity index (χ4n) is 0.766. The van der Waals surface area contributed by atoms with Gasteiger partial charge >= 0.3 is 0 Å². The summed E-state index contributed by atoms with van der Waals surface area (Å²) in [5.41, 5.74) is 0. The molecular formula is C7H13NO4S. The Kier molecular flexibility index (Phi) is 4.64. The van der Waals surface area contributed by atoms with E-state index in [0.29, 0.717) is 0 Å². The minimum Gasteiger partial charge on any atom is -0.394 e. The molecule has 0 aliphatic carbocycles. The zero-order valence-corrected chi connectivity index (χ0v) is 8.17. The van der Waals surface area contributed by atoms with E-state index in [0.717, 1.165) is 12.3 Å². The van der Waals surface area contributed by atoms with Crippen LogP contribution in [0.4, 0.5) is 0 Å². The molecule has 0 unspecified atom stereocenters. The minimum atomic E-state index is -3.20. The summed E-state index contributed by atoms with van der Waals surface area (Å²) in [5.74, 6) is -0.772. The minimum absolute atomic E-state index is 0.275. The number of rotatable bonds is 5. The number of hydrogen-bond donors (Lipinski definition) is 2. The molecule has 0 fully saturated rings. The lowest BCUT2D eigenvalue weighted by Gasteiger charge is -2.13. The van der Waals surface area contributed by atoms with E-state index in [4.69, 9.17) is 5.11 Å². The molecule has 5 nitrogen and oxygen atoms in total. The summed E-state index contributed by atoms with van der Waals surface area (Å²) >= 11 is 0. The summed E-state index contributed by atoms with van der Waals surface area (Å²) in [6.45, 7) is 2.79. The molecule has 0 aromatic carbocycles. The van der Waals surface area contributed by atoms with Gasteiger partial charge in [0, 0.05) is 6.26 Å². The van der Waals surface area contributed by atoms with E-state index >= 15 is 0 Å². The van der Waals surface area contributed by atoms with Crippen molar-refractivity contribution < 1.29 is 18.3 Å². The van der Waals surface area contributed by atoms with Crippen molar-refractivity contribution in [3.05, 3.63) is 12.7 Å². The summed E-state index contributed by atoms with van der Waals surface area (Å²) in [5, 5.41) is 11.0. The van der Waals surface area contributed by atoms with Crippen molar-refractivity contribution in [2.24, 2.45) is 0 Å². The van der Waals surface area contributed by atoms with E-state index in [9.17, 15) is 13.2 Å². The second-order valence-corrected chi connectivity index (χ2v) is 4.87. The van der Waals surface area contributed by atoms with Crippen LogP contribution in [0.3, 0.4) is 0 Å². The molecule has 2 N–H and O–H groups in total. The first kappa shape index (κ1) is 12.1. The third-order valence-electron chi connectivity index (χ3n) is 1.26. The zero-order valence-electron chi connectivity index (χ0n) is 7.36. The topological polar surface area (TPSA) is 83.5 Å². The molecule has 13 heavy (non-hydrogen) atoms. The molecule has 0 aromatic heterocycles. The van der Waals surface area contributed by atoms with Crippen molar-refractivity contribution >= 4 is 15.7 Å². The van der Waals surface area contributed by atoms with E-state index in [1.807, 2.05) is 0 Å². The number of hydrogen-bond acceptors (Lipinski definition) is 4. The number of carbonyl (C=O) groups is 1. The van der Waals surface area contributed by atoms with Crippen LogP contribution in [-0.4, -0.2) is 44.1 Å². The molecule has 0 spiro atoms.